The molecule has 40 heavy (non-hydrogen) atoms. The first-order chi connectivity index (χ1) is 18.7. The fourth-order valence-electron chi connectivity index (χ4n) is 4.76. The van der Waals surface area contributed by atoms with Crippen LogP contribution in [0.25, 0.3) is 0 Å². The Morgan fingerprint density at radius 2 is 1.62 bits per heavy atom. The molecule has 2 aromatic carbocycles. The number of rotatable bonds is 7. The summed E-state index contributed by atoms with van der Waals surface area (Å²) < 4.78 is 24.1. The van der Waals surface area contributed by atoms with Gasteiger partial charge >= 0.3 is 13.2 Å². The molecule has 0 aromatic heterocycles. The van der Waals surface area contributed by atoms with E-state index in [-0.39, 0.29) is 18.4 Å². The van der Waals surface area contributed by atoms with Crippen molar-refractivity contribution in [2.75, 3.05) is 13.1 Å². The summed E-state index contributed by atoms with van der Waals surface area (Å²) in [5.74, 6) is 0.685. The second kappa shape index (κ2) is 11.8. The largest absolute Gasteiger partial charge is 0.494 e. The number of amides is 2. The van der Waals surface area contributed by atoms with Crippen LogP contribution in [-0.2, 0) is 31.9 Å². The van der Waals surface area contributed by atoms with Crippen molar-refractivity contribution in [3.8, 4) is 5.75 Å². The lowest BCUT2D eigenvalue weighted by Gasteiger charge is -2.33. The van der Waals surface area contributed by atoms with Crippen LogP contribution >= 0.6 is 0 Å². The molecule has 0 unspecified atom stereocenters. The van der Waals surface area contributed by atoms with Crippen LogP contribution in [0.15, 0.2) is 48.5 Å². The van der Waals surface area contributed by atoms with Crippen molar-refractivity contribution < 1.29 is 28.4 Å². The molecule has 2 aromatic rings. The first kappa shape index (κ1) is 29.9. The van der Waals surface area contributed by atoms with Gasteiger partial charge in [0.2, 0.25) is 5.91 Å². The Hall–Kier alpha value is -3.04. The minimum absolute atomic E-state index is 0.0182. The highest BCUT2D eigenvalue weighted by atomic mass is 16.7. The smallest absolute Gasteiger partial charge is 0.489 e. The zero-order valence-electron chi connectivity index (χ0n) is 24.9. The lowest BCUT2D eigenvalue weighted by Crippen LogP contribution is -2.48. The molecule has 0 spiro atoms. The van der Waals surface area contributed by atoms with E-state index in [0.29, 0.717) is 38.3 Å². The SMILES string of the molecule is CC(C)(C)OC(=O)NC1CCN(C(=O)Cc2cc(B3OC(C)(C)C(C)(C)O3)ccc2OCc2ccccc2)CC1. The molecule has 0 bridgehead atoms. The van der Waals surface area contributed by atoms with E-state index in [1.165, 1.54) is 0 Å². The molecule has 2 amide bonds. The lowest BCUT2D eigenvalue weighted by atomic mass is 9.78. The number of nitrogens with one attached hydrogen (secondary N) is 1. The maximum absolute atomic E-state index is 13.4. The van der Waals surface area contributed by atoms with Gasteiger partial charge in [-0.1, -0.05) is 42.5 Å². The summed E-state index contributed by atoms with van der Waals surface area (Å²) in [7, 11) is -0.531. The van der Waals surface area contributed by atoms with Gasteiger partial charge in [0, 0.05) is 24.7 Å². The van der Waals surface area contributed by atoms with Crippen molar-refractivity contribution in [3.63, 3.8) is 0 Å². The summed E-state index contributed by atoms with van der Waals surface area (Å²) in [6, 6.07) is 15.8. The fraction of sp³-hybridized carbons (Fsp3) is 0.548. The quantitative estimate of drug-likeness (QED) is 0.507. The Labute approximate surface area is 238 Å². The molecule has 0 atom stereocenters. The van der Waals surface area contributed by atoms with E-state index in [1.54, 1.807) is 0 Å². The number of hydrogen-bond acceptors (Lipinski definition) is 6. The van der Waals surface area contributed by atoms with Crippen LogP contribution in [-0.4, -0.2) is 60.0 Å². The highest BCUT2D eigenvalue weighted by molar-refractivity contribution is 6.62. The molecule has 8 nitrogen and oxygen atoms in total. The predicted molar refractivity (Wildman–Crippen MR) is 156 cm³/mol. The maximum atomic E-state index is 13.4. The number of likely N-dealkylation sites (tertiary alicyclic amines) is 1. The van der Waals surface area contributed by atoms with Gasteiger partial charge in [-0.05, 0) is 78.4 Å². The molecule has 4 rings (SSSR count). The minimum atomic E-state index is -0.546. The van der Waals surface area contributed by atoms with E-state index in [9.17, 15) is 9.59 Å². The summed E-state index contributed by atoms with van der Waals surface area (Å²) in [6.45, 7) is 15.2. The van der Waals surface area contributed by atoms with Crippen molar-refractivity contribution in [2.24, 2.45) is 0 Å². The summed E-state index contributed by atoms with van der Waals surface area (Å²) in [5, 5.41) is 2.93. The number of ether oxygens (including phenoxy) is 2. The third-order valence-electron chi connectivity index (χ3n) is 7.76. The topological polar surface area (TPSA) is 86.3 Å². The monoisotopic (exact) mass is 550 g/mol. The van der Waals surface area contributed by atoms with Crippen LogP contribution in [0.2, 0.25) is 0 Å². The molecule has 0 radical (unpaired) electrons. The van der Waals surface area contributed by atoms with Crippen molar-refractivity contribution in [1.82, 2.24) is 10.2 Å². The van der Waals surface area contributed by atoms with Crippen LogP contribution in [0, 0.1) is 0 Å². The standard InChI is InChI=1S/C31H43BN2O6/c1-29(2,3)38-28(36)33-25-15-17-34(18-16-25)27(35)20-23-19-24(32-39-30(4,5)31(6,7)40-32)13-14-26(23)37-21-22-11-9-8-10-12-22/h8-14,19,25H,15-18,20-21H2,1-7H3,(H,33,36). The lowest BCUT2D eigenvalue weighted by molar-refractivity contribution is -0.131. The highest BCUT2D eigenvalue weighted by Gasteiger charge is 2.51. The van der Waals surface area contributed by atoms with E-state index < -0.39 is 30.0 Å². The molecular formula is C31H43BN2O6. The number of nitrogens with zero attached hydrogens (tertiary/aromatic N) is 1. The summed E-state index contributed by atoms with van der Waals surface area (Å²) in [6.07, 6.45) is 1.13. The highest BCUT2D eigenvalue weighted by Crippen LogP contribution is 2.37. The van der Waals surface area contributed by atoms with Crippen molar-refractivity contribution >= 4 is 24.6 Å². The zero-order chi connectivity index (χ0) is 29.1. The predicted octanol–water partition coefficient (Wildman–Crippen LogP) is 4.62. The number of hydrogen-bond donors (Lipinski definition) is 1. The average Bonchev–Trinajstić information content (AvgIpc) is 3.09. The van der Waals surface area contributed by atoms with E-state index >= 15 is 0 Å². The molecule has 2 saturated heterocycles. The number of carbonyl (C=O) groups excluding carboxylic acids is 2. The minimum Gasteiger partial charge on any atom is -0.489 e. The van der Waals surface area contributed by atoms with E-state index in [1.807, 2.05) is 102 Å². The maximum Gasteiger partial charge on any atom is 0.494 e. The molecule has 2 aliphatic rings. The Morgan fingerprint density at radius 1 is 1.00 bits per heavy atom. The van der Waals surface area contributed by atoms with E-state index in [2.05, 4.69) is 5.32 Å². The molecule has 2 heterocycles. The van der Waals surface area contributed by atoms with Gasteiger partial charge in [-0.25, -0.2) is 4.79 Å². The van der Waals surface area contributed by atoms with Gasteiger partial charge in [0.05, 0.1) is 17.6 Å². The number of benzene rings is 2. The first-order valence-corrected chi connectivity index (χ1v) is 14.1. The van der Waals surface area contributed by atoms with Crippen LogP contribution in [0.1, 0.15) is 72.4 Å². The average molecular weight is 551 g/mol. The van der Waals surface area contributed by atoms with Gasteiger partial charge in [-0.3, -0.25) is 4.79 Å². The Bertz CT molecular complexity index is 1170. The van der Waals surface area contributed by atoms with Crippen molar-refractivity contribution in [1.29, 1.82) is 0 Å². The molecule has 216 valence electrons. The van der Waals surface area contributed by atoms with Gasteiger partial charge in [-0.15, -0.1) is 0 Å². The number of carbonyl (C=O) groups is 2. The van der Waals surface area contributed by atoms with Crippen LogP contribution < -0.4 is 15.5 Å². The normalized spacial score (nSPS) is 18.9. The second-order valence-corrected chi connectivity index (χ2v) is 12.7. The van der Waals surface area contributed by atoms with Gasteiger partial charge in [-0.2, -0.15) is 0 Å². The second-order valence-electron chi connectivity index (χ2n) is 12.7. The number of piperidine rings is 1. The Balaban J connectivity index is 1.44. The first-order valence-electron chi connectivity index (χ1n) is 14.1. The molecule has 1 N–H and O–H groups in total. The zero-order valence-corrected chi connectivity index (χ0v) is 24.9. The molecule has 9 heteroatoms. The van der Waals surface area contributed by atoms with Crippen LogP contribution in [0.4, 0.5) is 4.79 Å². The number of alkyl carbamates (subject to hydrolysis) is 1. The summed E-state index contributed by atoms with van der Waals surface area (Å²) in [5.41, 5.74) is 1.22. The van der Waals surface area contributed by atoms with Gasteiger partial charge in [0.1, 0.15) is 18.0 Å². The van der Waals surface area contributed by atoms with Crippen molar-refractivity contribution in [3.05, 3.63) is 59.7 Å². The van der Waals surface area contributed by atoms with E-state index in [4.69, 9.17) is 18.8 Å². The van der Waals surface area contributed by atoms with Crippen LogP contribution in [0.5, 0.6) is 5.75 Å². The Morgan fingerprint density at radius 3 is 2.23 bits per heavy atom. The molecule has 2 fully saturated rings. The fourth-order valence-corrected chi connectivity index (χ4v) is 4.76. The molecule has 0 saturated carbocycles. The molecular weight excluding hydrogens is 507 g/mol. The van der Waals surface area contributed by atoms with Crippen molar-refractivity contribution in [2.45, 2.75) is 97.2 Å². The summed E-state index contributed by atoms with van der Waals surface area (Å²) in [4.78, 5) is 27.5. The van der Waals surface area contributed by atoms with Gasteiger partial charge < -0.3 is 29.0 Å². The molecule has 0 aliphatic carbocycles. The Kier molecular flexibility index (Phi) is 8.85. The summed E-state index contributed by atoms with van der Waals surface area (Å²) >= 11 is 0. The van der Waals surface area contributed by atoms with Gasteiger partial charge in [0.25, 0.3) is 0 Å². The van der Waals surface area contributed by atoms with Gasteiger partial charge in [0.15, 0.2) is 0 Å². The van der Waals surface area contributed by atoms with Crippen LogP contribution in [0.3, 0.4) is 0 Å². The third kappa shape index (κ3) is 7.58. The van der Waals surface area contributed by atoms with E-state index in [0.717, 1.165) is 16.6 Å². The third-order valence-corrected chi connectivity index (χ3v) is 7.76. The molecule has 2 aliphatic heterocycles.